The number of halogens is 1. The number of nitrogens with one attached hydrogen (secondary N) is 2. The topological polar surface area (TPSA) is 76.7 Å². The van der Waals surface area contributed by atoms with Crippen molar-refractivity contribution < 1.29 is 19.1 Å². The van der Waals surface area contributed by atoms with Gasteiger partial charge in [0.15, 0.2) is 6.61 Å². The Morgan fingerprint density at radius 2 is 1.73 bits per heavy atom. The third-order valence-electron chi connectivity index (χ3n) is 3.40. The largest absolute Gasteiger partial charge is 0.493 e. The first-order valence-corrected chi connectivity index (χ1v) is 8.57. The highest BCUT2D eigenvalue weighted by Crippen LogP contribution is 2.21. The van der Waals surface area contributed by atoms with Crippen LogP contribution in [0.1, 0.15) is 18.4 Å². The van der Waals surface area contributed by atoms with Gasteiger partial charge in [-0.1, -0.05) is 29.8 Å². The predicted octanol–water partition coefficient (Wildman–Crippen LogP) is 3.03. The molecule has 0 saturated carbocycles. The summed E-state index contributed by atoms with van der Waals surface area (Å²) in [5.74, 6) is 0.592. The van der Waals surface area contributed by atoms with Crippen LogP contribution in [0.4, 0.5) is 0 Å². The second-order valence-corrected chi connectivity index (χ2v) is 6.00. The molecule has 0 fully saturated rings. The van der Waals surface area contributed by atoms with Gasteiger partial charge in [0.2, 0.25) is 5.91 Å². The lowest BCUT2D eigenvalue weighted by molar-refractivity contribution is -0.130. The first-order valence-electron chi connectivity index (χ1n) is 8.19. The highest BCUT2D eigenvalue weighted by molar-refractivity contribution is 6.30. The number of hydrogen-bond acceptors (Lipinski definition) is 4. The molecule has 0 spiro atoms. The minimum absolute atomic E-state index is 0.177. The molecule has 138 valence electrons. The molecule has 2 amide bonds. The quantitative estimate of drug-likeness (QED) is 0.548. The number of amides is 2. The molecule has 0 bridgehead atoms. The molecule has 2 N–H and O–H groups in total. The molecule has 0 aliphatic carbocycles. The van der Waals surface area contributed by atoms with Crippen molar-refractivity contribution in [3.8, 4) is 11.5 Å². The monoisotopic (exact) mass is 376 g/mol. The zero-order valence-corrected chi connectivity index (χ0v) is 15.2. The highest BCUT2D eigenvalue weighted by Gasteiger charge is 2.06. The van der Waals surface area contributed by atoms with Crippen LogP contribution in [0.2, 0.25) is 5.02 Å². The van der Waals surface area contributed by atoms with Gasteiger partial charge >= 0.3 is 0 Å². The summed E-state index contributed by atoms with van der Waals surface area (Å²) in [7, 11) is 0. The van der Waals surface area contributed by atoms with E-state index in [0.29, 0.717) is 23.8 Å². The molecule has 0 aliphatic heterocycles. The molecule has 26 heavy (non-hydrogen) atoms. The van der Waals surface area contributed by atoms with Crippen LogP contribution in [-0.2, 0) is 9.59 Å². The van der Waals surface area contributed by atoms with Crippen molar-refractivity contribution in [2.24, 2.45) is 0 Å². The number of carbonyl (C=O) groups is 2. The molecule has 0 unspecified atom stereocenters. The van der Waals surface area contributed by atoms with E-state index in [2.05, 4.69) is 10.9 Å². The van der Waals surface area contributed by atoms with E-state index >= 15 is 0 Å². The lowest BCUT2D eigenvalue weighted by Gasteiger charge is -2.10. The molecule has 0 atom stereocenters. The first kappa shape index (κ1) is 19.6. The zero-order valence-electron chi connectivity index (χ0n) is 14.5. The van der Waals surface area contributed by atoms with E-state index in [-0.39, 0.29) is 18.9 Å². The van der Waals surface area contributed by atoms with Crippen LogP contribution in [0.3, 0.4) is 0 Å². The van der Waals surface area contributed by atoms with Gasteiger partial charge in [0.05, 0.1) is 6.61 Å². The van der Waals surface area contributed by atoms with E-state index in [1.54, 1.807) is 24.3 Å². The van der Waals surface area contributed by atoms with Gasteiger partial charge in [-0.15, -0.1) is 0 Å². The number of hydrogen-bond donors (Lipinski definition) is 2. The van der Waals surface area contributed by atoms with E-state index in [1.165, 1.54) is 0 Å². The van der Waals surface area contributed by atoms with Gasteiger partial charge in [-0.05, 0) is 49.2 Å². The van der Waals surface area contributed by atoms with Gasteiger partial charge in [0.1, 0.15) is 11.5 Å². The van der Waals surface area contributed by atoms with E-state index in [1.807, 2.05) is 31.2 Å². The normalized spacial score (nSPS) is 10.1. The molecule has 6 nitrogen and oxygen atoms in total. The number of para-hydroxylation sites is 1. The summed E-state index contributed by atoms with van der Waals surface area (Å²) in [5.41, 5.74) is 5.59. The van der Waals surface area contributed by atoms with Crippen LogP contribution in [0.5, 0.6) is 11.5 Å². The van der Waals surface area contributed by atoms with Crippen LogP contribution < -0.4 is 20.3 Å². The summed E-state index contributed by atoms with van der Waals surface area (Å²) in [5, 5.41) is 0.654. The summed E-state index contributed by atoms with van der Waals surface area (Å²) in [6.07, 6.45) is 0.747. The fourth-order valence-electron chi connectivity index (χ4n) is 2.09. The van der Waals surface area contributed by atoms with Gasteiger partial charge in [-0.3, -0.25) is 20.4 Å². The van der Waals surface area contributed by atoms with Gasteiger partial charge < -0.3 is 9.47 Å². The molecule has 2 rings (SSSR count). The average molecular weight is 377 g/mol. The zero-order chi connectivity index (χ0) is 18.8. The Labute approximate surface area is 157 Å². The fourth-order valence-corrected chi connectivity index (χ4v) is 2.32. The smallest absolute Gasteiger partial charge is 0.276 e. The van der Waals surface area contributed by atoms with Gasteiger partial charge in [-0.2, -0.15) is 0 Å². The third kappa shape index (κ3) is 7.03. The molecule has 7 heteroatoms. The van der Waals surface area contributed by atoms with E-state index in [9.17, 15) is 9.59 Å². The second kappa shape index (κ2) is 10.3. The summed E-state index contributed by atoms with van der Waals surface area (Å²) in [6.45, 7) is 2.12. The molecule has 2 aromatic rings. The summed E-state index contributed by atoms with van der Waals surface area (Å²) in [6, 6.07) is 14.3. The summed E-state index contributed by atoms with van der Waals surface area (Å²) >= 11 is 5.89. The Kier molecular flexibility index (Phi) is 7.76. The molecule has 0 heterocycles. The van der Waals surface area contributed by atoms with Crippen molar-refractivity contribution in [3.63, 3.8) is 0 Å². The van der Waals surface area contributed by atoms with E-state index in [4.69, 9.17) is 21.1 Å². The summed E-state index contributed by atoms with van der Waals surface area (Å²) < 4.78 is 10.9. The van der Waals surface area contributed by atoms with Crippen molar-refractivity contribution in [2.75, 3.05) is 13.2 Å². The lowest BCUT2D eigenvalue weighted by Crippen LogP contribution is -2.43. The van der Waals surface area contributed by atoms with Crippen molar-refractivity contribution in [1.82, 2.24) is 10.9 Å². The minimum Gasteiger partial charge on any atom is -0.493 e. The van der Waals surface area contributed by atoms with Gasteiger partial charge in [0.25, 0.3) is 5.91 Å². The molecule has 0 saturated heterocycles. The number of benzene rings is 2. The Morgan fingerprint density at radius 1 is 1.00 bits per heavy atom. The van der Waals surface area contributed by atoms with Crippen LogP contribution in [-0.4, -0.2) is 25.0 Å². The first-order chi connectivity index (χ1) is 12.5. The van der Waals surface area contributed by atoms with Crippen molar-refractivity contribution in [3.05, 3.63) is 59.1 Å². The van der Waals surface area contributed by atoms with Crippen LogP contribution >= 0.6 is 11.6 Å². The second-order valence-electron chi connectivity index (χ2n) is 5.56. The van der Waals surface area contributed by atoms with Crippen molar-refractivity contribution in [1.29, 1.82) is 0 Å². The van der Waals surface area contributed by atoms with Crippen LogP contribution in [0, 0.1) is 6.92 Å². The number of rotatable bonds is 8. The molecule has 0 radical (unpaired) electrons. The number of carbonyl (C=O) groups excluding carboxylic acids is 2. The van der Waals surface area contributed by atoms with Crippen LogP contribution in [0.15, 0.2) is 48.5 Å². The van der Waals surface area contributed by atoms with E-state index in [0.717, 1.165) is 11.3 Å². The molecular formula is C19H21ClN2O4. The molecule has 2 aromatic carbocycles. The fraction of sp³-hybridized carbons (Fsp3) is 0.263. The number of ether oxygens (including phenoxy) is 2. The maximum atomic E-state index is 11.7. The highest BCUT2D eigenvalue weighted by atomic mass is 35.5. The Balaban J connectivity index is 1.57. The molecule has 0 aliphatic rings. The van der Waals surface area contributed by atoms with Gasteiger partial charge in [-0.25, -0.2) is 0 Å². The SMILES string of the molecule is Cc1cc(Cl)ccc1OCCCC(=O)NNC(=O)COc1ccccc1. The predicted molar refractivity (Wildman–Crippen MR) is 99.1 cm³/mol. The standard InChI is InChI=1S/C19H21ClN2O4/c1-14-12-15(20)9-10-17(14)25-11-5-8-18(23)21-22-19(24)13-26-16-6-3-2-4-7-16/h2-4,6-7,9-10,12H,5,8,11,13H2,1H3,(H,21,23)(H,22,24). The average Bonchev–Trinajstić information content (AvgIpc) is 2.64. The maximum absolute atomic E-state index is 11.7. The molecule has 0 aromatic heterocycles. The number of hydrazine groups is 1. The van der Waals surface area contributed by atoms with Crippen molar-refractivity contribution in [2.45, 2.75) is 19.8 Å². The Hall–Kier alpha value is -2.73. The Morgan fingerprint density at radius 3 is 2.46 bits per heavy atom. The lowest BCUT2D eigenvalue weighted by atomic mass is 10.2. The summed E-state index contributed by atoms with van der Waals surface area (Å²) in [4.78, 5) is 23.3. The van der Waals surface area contributed by atoms with Crippen LogP contribution in [0.25, 0.3) is 0 Å². The minimum atomic E-state index is -0.435. The number of aryl methyl sites for hydroxylation is 1. The third-order valence-corrected chi connectivity index (χ3v) is 3.63. The van der Waals surface area contributed by atoms with Gasteiger partial charge in [0, 0.05) is 11.4 Å². The Bertz CT molecular complexity index is 738. The van der Waals surface area contributed by atoms with Crippen molar-refractivity contribution >= 4 is 23.4 Å². The maximum Gasteiger partial charge on any atom is 0.276 e. The molecular weight excluding hydrogens is 356 g/mol. The van der Waals surface area contributed by atoms with E-state index < -0.39 is 5.91 Å².